The van der Waals surface area contributed by atoms with Crippen molar-refractivity contribution in [2.75, 3.05) is 26.2 Å². The Morgan fingerprint density at radius 3 is 2.23 bits per heavy atom. The number of nitrogens with one attached hydrogen (secondary N) is 3. The number of esters is 1. The Labute approximate surface area is 184 Å². The summed E-state index contributed by atoms with van der Waals surface area (Å²) in [6.07, 6.45) is 7.45. The lowest BCUT2D eigenvalue weighted by Gasteiger charge is -2.32. The summed E-state index contributed by atoms with van der Waals surface area (Å²) < 4.78 is 5.07. The normalized spacial score (nSPS) is 18.5. The molecule has 0 bridgehead atoms. The van der Waals surface area contributed by atoms with Crippen LogP contribution in [0.5, 0.6) is 0 Å². The lowest BCUT2D eigenvalue weighted by molar-refractivity contribution is 0.0519. The van der Waals surface area contributed by atoms with Crippen LogP contribution in [0.2, 0.25) is 0 Å². The van der Waals surface area contributed by atoms with E-state index in [9.17, 15) is 14.4 Å². The smallest absolute Gasteiger partial charge is 0.355 e. The monoisotopic (exact) mass is 432 g/mol. The second-order valence-corrected chi connectivity index (χ2v) is 8.77. The Morgan fingerprint density at radius 1 is 1.00 bits per heavy atom. The maximum atomic E-state index is 12.9. The molecule has 172 valence electrons. The summed E-state index contributed by atoms with van der Waals surface area (Å²) in [7, 11) is 0. The Balaban J connectivity index is 1.47. The number of aromatic nitrogens is 1. The molecule has 8 nitrogen and oxygen atoms in total. The second-order valence-electron chi connectivity index (χ2n) is 8.77. The van der Waals surface area contributed by atoms with E-state index in [1.807, 2.05) is 6.92 Å². The highest BCUT2D eigenvalue weighted by molar-refractivity contribution is 6.03. The fourth-order valence-electron chi connectivity index (χ4n) is 4.75. The van der Waals surface area contributed by atoms with E-state index in [4.69, 9.17) is 4.74 Å². The molecule has 0 unspecified atom stereocenters. The number of carbonyl (C=O) groups excluding carboxylic acids is 3. The third kappa shape index (κ3) is 6.09. The fraction of sp³-hybridized carbons (Fsp3) is 0.696. The number of Topliss-reactive ketones (excluding diaryl/α,β-unsaturated/α-hetero) is 1. The zero-order valence-corrected chi connectivity index (χ0v) is 19.0. The molecule has 31 heavy (non-hydrogen) atoms. The van der Waals surface area contributed by atoms with Gasteiger partial charge in [0.05, 0.1) is 13.2 Å². The predicted octanol–water partition coefficient (Wildman–Crippen LogP) is 3.09. The molecule has 1 aliphatic carbocycles. The van der Waals surface area contributed by atoms with Crippen molar-refractivity contribution in [3.8, 4) is 0 Å². The van der Waals surface area contributed by atoms with Gasteiger partial charge in [-0.3, -0.25) is 9.69 Å². The Hall–Kier alpha value is -2.35. The summed E-state index contributed by atoms with van der Waals surface area (Å²) in [5.74, 6) is -0.427. The first-order valence-corrected chi connectivity index (χ1v) is 11.6. The molecule has 1 aliphatic heterocycles. The van der Waals surface area contributed by atoms with Gasteiger partial charge in [0.1, 0.15) is 5.69 Å². The Morgan fingerprint density at radius 2 is 1.61 bits per heavy atom. The molecule has 2 heterocycles. The van der Waals surface area contributed by atoms with Crippen LogP contribution in [0, 0.1) is 13.8 Å². The summed E-state index contributed by atoms with van der Waals surface area (Å²) in [6.45, 7) is 7.46. The molecule has 1 saturated heterocycles. The van der Waals surface area contributed by atoms with Crippen LogP contribution in [-0.4, -0.2) is 66.0 Å². The van der Waals surface area contributed by atoms with Crippen molar-refractivity contribution in [3.05, 3.63) is 22.5 Å². The zero-order chi connectivity index (χ0) is 22.4. The molecular formula is C23H36N4O4. The van der Waals surface area contributed by atoms with Crippen LogP contribution in [0.3, 0.4) is 0 Å². The molecule has 2 aliphatic rings. The minimum absolute atomic E-state index is 0.00301. The number of carbonyl (C=O) groups is 3. The van der Waals surface area contributed by atoms with Gasteiger partial charge in [0.25, 0.3) is 0 Å². The van der Waals surface area contributed by atoms with E-state index >= 15 is 0 Å². The van der Waals surface area contributed by atoms with E-state index in [-0.39, 0.29) is 17.9 Å². The van der Waals surface area contributed by atoms with E-state index in [1.165, 1.54) is 19.3 Å². The highest BCUT2D eigenvalue weighted by Crippen LogP contribution is 2.21. The predicted molar refractivity (Wildman–Crippen MR) is 119 cm³/mol. The molecule has 3 N–H and O–H groups in total. The molecule has 2 fully saturated rings. The van der Waals surface area contributed by atoms with Crippen LogP contribution in [-0.2, 0) is 4.74 Å². The third-order valence-electron chi connectivity index (χ3n) is 6.43. The van der Waals surface area contributed by atoms with Crippen LogP contribution in [0.15, 0.2) is 0 Å². The van der Waals surface area contributed by atoms with Crippen molar-refractivity contribution in [3.63, 3.8) is 0 Å². The average Bonchev–Trinajstić information content (AvgIpc) is 3.04. The lowest BCUT2D eigenvalue weighted by Crippen LogP contribution is -2.50. The molecule has 1 aromatic rings. The number of ketones is 1. The van der Waals surface area contributed by atoms with Crippen molar-refractivity contribution in [2.24, 2.45) is 0 Å². The van der Waals surface area contributed by atoms with Crippen LogP contribution in [0.25, 0.3) is 0 Å². The van der Waals surface area contributed by atoms with E-state index in [2.05, 4.69) is 20.5 Å². The average molecular weight is 433 g/mol. The number of aryl methyl sites for hydroxylation is 1. The minimum Gasteiger partial charge on any atom is -0.461 e. The van der Waals surface area contributed by atoms with E-state index < -0.39 is 5.97 Å². The minimum atomic E-state index is -0.430. The topological polar surface area (TPSA) is 104 Å². The molecule has 2 amide bonds. The molecule has 1 aromatic heterocycles. The summed E-state index contributed by atoms with van der Waals surface area (Å²) >= 11 is 0. The molecule has 8 heteroatoms. The molecule has 0 spiro atoms. The number of rotatable bonds is 7. The maximum absolute atomic E-state index is 12.9. The van der Waals surface area contributed by atoms with Crippen LogP contribution in [0.1, 0.15) is 84.0 Å². The van der Waals surface area contributed by atoms with Crippen molar-refractivity contribution in [1.82, 2.24) is 20.5 Å². The van der Waals surface area contributed by atoms with Crippen LogP contribution in [0.4, 0.5) is 4.79 Å². The number of amides is 2. The summed E-state index contributed by atoms with van der Waals surface area (Å²) in [5, 5.41) is 6.20. The third-order valence-corrected chi connectivity index (χ3v) is 6.43. The van der Waals surface area contributed by atoms with Gasteiger partial charge in [-0.25, -0.2) is 9.59 Å². The standard InChI is InChI=1S/C23H36N4O4/c1-4-31-22(29)21-15(2)20(16(3)24-21)19(28)14-27-12-10-18(11-13-27)26-23(30)25-17-8-6-5-7-9-17/h17-18,24H,4-14H2,1-3H3,(H2,25,26,30). The first-order valence-electron chi connectivity index (χ1n) is 11.6. The van der Waals surface area contributed by atoms with Gasteiger partial charge in [0, 0.05) is 36.4 Å². The van der Waals surface area contributed by atoms with Crippen molar-refractivity contribution in [2.45, 2.75) is 77.8 Å². The van der Waals surface area contributed by atoms with Gasteiger partial charge in [-0.2, -0.15) is 0 Å². The van der Waals surface area contributed by atoms with Gasteiger partial charge in [-0.05, 0) is 52.0 Å². The first-order chi connectivity index (χ1) is 14.9. The number of nitrogens with zero attached hydrogens (tertiary/aromatic N) is 1. The number of aromatic amines is 1. The number of piperidine rings is 1. The zero-order valence-electron chi connectivity index (χ0n) is 19.0. The molecule has 1 saturated carbocycles. The van der Waals surface area contributed by atoms with Gasteiger partial charge in [-0.15, -0.1) is 0 Å². The van der Waals surface area contributed by atoms with Gasteiger partial charge < -0.3 is 20.4 Å². The van der Waals surface area contributed by atoms with Crippen LogP contribution >= 0.6 is 0 Å². The number of H-pyrrole nitrogens is 1. The summed E-state index contributed by atoms with van der Waals surface area (Å²) in [5.41, 5.74) is 2.28. The molecular weight excluding hydrogens is 396 g/mol. The largest absolute Gasteiger partial charge is 0.461 e. The fourth-order valence-corrected chi connectivity index (χ4v) is 4.75. The van der Waals surface area contributed by atoms with Gasteiger partial charge in [0.2, 0.25) is 0 Å². The highest BCUT2D eigenvalue weighted by atomic mass is 16.5. The van der Waals surface area contributed by atoms with Gasteiger partial charge in [0.15, 0.2) is 5.78 Å². The quantitative estimate of drug-likeness (QED) is 0.454. The molecule has 0 aromatic carbocycles. The van der Waals surface area contributed by atoms with E-state index in [0.29, 0.717) is 41.7 Å². The summed E-state index contributed by atoms with van der Waals surface area (Å²) in [4.78, 5) is 42.4. The summed E-state index contributed by atoms with van der Waals surface area (Å²) in [6, 6.07) is 0.381. The number of hydrogen-bond donors (Lipinski definition) is 3. The van der Waals surface area contributed by atoms with Gasteiger partial charge in [-0.1, -0.05) is 19.3 Å². The van der Waals surface area contributed by atoms with E-state index in [0.717, 1.165) is 38.8 Å². The number of hydrogen-bond acceptors (Lipinski definition) is 5. The number of likely N-dealkylation sites (tertiary alicyclic amines) is 1. The van der Waals surface area contributed by atoms with Crippen LogP contribution < -0.4 is 10.6 Å². The van der Waals surface area contributed by atoms with E-state index in [1.54, 1.807) is 13.8 Å². The second kappa shape index (κ2) is 10.8. The SMILES string of the molecule is CCOC(=O)c1[nH]c(C)c(C(=O)CN2CCC(NC(=O)NC3CCCCC3)CC2)c1C. The first kappa shape index (κ1) is 23.3. The van der Waals surface area contributed by atoms with Crippen molar-refractivity contribution >= 4 is 17.8 Å². The maximum Gasteiger partial charge on any atom is 0.355 e. The van der Waals surface area contributed by atoms with Crippen molar-refractivity contribution in [1.29, 1.82) is 0 Å². The highest BCUT2D eigenvalue weighted by Gasteiger charge is 2.27. The Kier molecular flexibility index (Phi) is 8.12. The molecule has 0 atom stereocenters. The number of ether oxygens (including phenoxy) is 1. The molecule has 3 rings (SSSR count). The van der Waals surface area contributed by atoms with Crippen molar-refractivity contribution < 1.29 is 19.1 Å². The molecule has 0 radical (unpaired) electrons. The Bertz CT molecular complexity index is 790. The number of urea groups is 1. The van der Waals surface area contributed by atoms with Gasteiger partial charge >= 0.3 is 12.0 Å². The lowest BCUT2D eigenvalue weighted by atomic mass is 9.96.